The molecule has 0 bridgehead atoms. The summed E-state index contributed by atoms with van der Waals surface area (Å²) in [6.07, 6.45) is 3.13. The zero-order valence-electron chi connectivity index (χ0n) is 9.20. The summed E-state index contributed by atoms with van der Waals surface area (Å²) in [5, 5.41) is 0.381. The van der Waals surface area contributed by atoms with Crippen LogP contribution < -0.4 is 0 Å². The van der Waals surface area contributed by atoms with E-state index in [-0.39, 0.29) is 4.75 Å². The lowest BCUT2D eigenvalue weighted by molar-refractivity contribution is 0.562. The number of pyridine rings is 1. The highest BCUT2D eigenvalue weighted by molar-refractivity contribution is 9.10. The molecular weight excluding hydrogens is 312 g/mol. The molecule has 1 aromatic rings. The molecule has 0 amide bonds. The number of halogens is 2. The minimum Gasteiger partial charge on any atom is -0.591 e. The van der Waals surface area contributed by atoms with Crippen molar-refractivity contribution in [1.82, 2.24) is 4.98 Å². The third-order valence-corrected chi connectivity index (χ3v) is 3.88. The second-order valence-corrected chi connectivity index (χ2v) is 7.30. The highest BCUT2D eigenvalue weighted by Gasteiger charge is 2.25. The van der Waals surface area contributed by atoms with Gasteiger partial charge in [0.05, 0.1) is 6.21 Å². The van der Waals surface area contributed by atoms with Crippen LogP contribution in [0.1, 0.15) is 26.3 Å². The fourth-order valence-corrected chi connectivity index (χ4v) is 1.80. The average Bonchev–Trinajstić information content (AvgIpc) is 2.17. The van der Waals surface area contributed by atoms with Crippen LogP contribution in [0.4, 0.5) is 0 Å². The van der Waals surface area contributed by atoms with Crippen LogP contribution in [-0.2, 0) is 11.4 Å². The van der Waals surface area contributed by atoms with Crippen LogP contribution in [0, 0.1) is 0 Å². The van der Waals surface area contributed by atoms with Crippen molar-refractivity contribution in [1.29, 1.82) is 0 Å². The first-order valence-corrected chi connectivity index (χ1v) is 6.85. The second kappa shape index (κ2) is 5.49. The van der Waals surface area contributed by atoms with E-state index in [4.69, 9.17) is 11.6 Å². The Morgan fingerprint density at radius 1 is 1.56 bits per heavy atom. The first-order valence-electron chi connectivity index (χ1n) is 4.58. The predicted octanol–water partition coefficient (Wildman–Crippen LogP) is 3.38. The van der Waals surface area contributed by atoms with E-state index in [9.17, 15) is 4.55 Å². The molecule has 0 saturated heterocycles. The predicted molar refractivity (Wildman–Crippen MR) is 72.4 cm³/mol. The lowest BCUT2D eigenvalue weighted by Gasteiger charge is -2.17. The second-order valence-electron chi connectivity index (χ2n) is 4.12. The van der Waals surface area contributed by atoms with E-state index < -0.39 is 11.4 Å². The van der Waals surface area contributed by atoms with Crippen molar-refractivity contribution in [3.63, 3.8) is 0 Å². The molecular formula is C10H12BrClN2OS. The van der Waals surface area contributed by atoms with E-state index in [0.717, 1.165) is 10.0 Å². The Balaban J connectivity index is 2.88. The SMILES string of the molecule is CC(C)(C)[S+]([O-])N=Cc1cc(Cl)ncc1Br. The van der Waals surface area contributed by atoms with Gasteiger partial charge in [0.25, 0.3) is 0 Å². The maximum absolute atomic E-state index is 11.7. The highest BCUT2D eigenvalue weighted by Crippen LogP contribution is 2.20. The molecule has 16 heavy (non-hydrogen) atoms. The van der Waals surface area contributed by atoms with Crippen molar-refractivity contribution in [2.75, 3.05) is 0 Å². The molecule has 0 spiro atoms. The van der Waals surface area contributed by atoms with E-state index in [1.807, 2.05) is 20.8 Å². The van der Waals surface area contributed by atoms with Crippen LogP contribution in [0.15, 0.2) is 21.1 Å². The van der Waals surface area contributed by atoms with Gasteiger partial charge in [-0.05, 0) is 42.8 Å². The molecule has 1 atom stereocenters. The van der Waals surface area contributed by atoms with E-state index >= 15 is 0 Å². The number of nitrogens with zero attached hydrogens (tertiary/aromatic N) is 2. The van der Waals surface area contributed by atoms with Crippen LogP contribution in [-0.4, -0.2) is 20.5 Å². The minimum atomic E-state index is -1.27. The minimum absolute atomic E-state index is 0.361. The standard InChI is InChI=1S/C10H12BrClN2OS/c1-10(2,3)16(15)14-5-7-4-9(12)13-6-8(7)11/h4-6H,1-3H3. The Labute approximate surface area is 112 Å². The maximum Gasteiger partial charge on any atom is 0.144 e. The molecule has 1 aromatic heterocycles. The Morgan fingerprint density at radius 3 is 2.75 bits per heavy atom. The summed E-state index contributed by atoms with van der Waals surface area (Å²) in [5.41, 5.74) is 0.762. The Hall–Kier alpha value is -0.100. The van der Waals surface area contributed by atoms with Crippen molar-refractivity contribution in [3.05, 3.63) is 27.5 Å². The number of hydrogen-bond acceptors (Lipinski definition) is 3. The van der Waals surface area contributed by atoms with E-state index in [1.54, 1.807) is 18.5 Å². The van der Waals surface area contributed by atoms with Gasteiger partial charge in [-0.25, -0.2) is 4.98 Å². The number of hydrogen-bond donors (Lipinski definition) is 0. The van der Waals surface area contributed by atoms with Gasteiger partial charge in [0.15, 0.2) is 0 Å². The van der Waals surface area contributed by atoms with Crippen molar-refractivity contribution in [3.8, 4) is 0 Å². The summed E-state index contributed by atoms with van der Waals surface area (Å²) in [6, 6.07) is 1.66. The molecule has 0 fully saturated rings. The summed E-state index contributed by atoms with van der Waals surface area (Å²) in [5.74, 6) is 0. The largest absolute Gasteiger partial charge is 0.591 e. The van der Waals surface area contributed by atoms with Crippen LogP contribution in [0.2, 0.25) is 5.15 Å². The van der Waals surface area contributed by atoms with Crippen LogP contribution >= 0.6 is 27.5 Å². The smallest absolute Gasteiger partial charge is 0.144 e. The molecule has 0 aliphatic heterocycles. The van der Waals surface area contributed by atoms with Crippen molar-refractivity contribution in [2.45, 2.75) is 25.5 Å². The molecule has 0 aromatic carbocycles. The molecule has 88 valence electrons. The molecule has 1 heterocycles. The van der Waals surface area contributed by atoms with Crippen molar-refractivity contribution in [2.24, 2.45) is 4.40 Å². The Kier molecular flexibility index (Phi) is 4.79. The molecule has 0 N–H and O–H groups in total. The molecule has 1 unspecified atom stereocenters. The van der Waals surface area contributed by atoms with Gasteiger partial charge in [-0.15, -0.1) is 0 Å². The van der Waals surface area contributed by atoms with Gasteiger partial charge in [0.1, 0.15) is 21.3 Å². The first-order chi connectivity index (χ1) is 7.30. The molecule has 0 radical (unpaired) electrons. The average molecular weight is 324 g/mol. The molecule has 3 nitrogen and oxygen atoms in total. The summed E-state index contributed by atoms with van der Waals surface area (Å²) in [6.45, 7) is 5.61. The lowest BCUT2D eigenvalue weighted by Crippen LogP contribution is -2.25. The maximum atomic E-state index is 11.7. The fourth-order valence-electron chi connectivity index (χ4n) is 0.789. The van der Waals surface area contributed by atoms with Gasteiger partial charge >= 0.3 is 0 Å². The topological polar surface area (TPSA) is 48.3 Å². The van der Waals surface area contributed by atoms with Gasteiger partial charge in [0.2, 0.25) is 0 Å². The van der Waals surface area contributed by atoms with Gasteiger partial charge in [0, 0.05) is 16.2 Å². The molecule has 1 rings (SSSR count). The Morgan fingerprint density at radius 2 is 2.19 bits per heavy atom. The van der Waals surface area contributed by atoms with E-state index in [1.165, 1.54) is 0 Å². The fraction of sp³-hybridized carbons (Fsp3) is 0.400. The molecule has 0 saturated carbocycles. The van der Waals surface area contributed by atoms with E-state index in [2.05, 4.69) is 25.3 Å². The summed E-state index contributed by atoms with van der Waals surface area (Å²) in [7, 11) is 0. The zero-order valence-corrected chi connectivity index (χ0v) is 12.4. The summed E-state index contributed by atoms with van der Waals surface area (Å²) in [4.78, 5) is 3.90. The zero-order chi connectivity index (χ0) is 12.3. The summed E-state index contributed by atoms with van der Waals surface area (Å²) >= 11 is 7.80. The van der Waals surface area contributed by atoms with Crippen LogP contribution in [0.3, 0.4) is 0 Å². The number of rotatable bonds is 2. The molecule has 6 heteroatoms. The van der Waals surface area contributed by atoms with Crippen LogP contribution in [0.25, 0.3) is 0 Å². The quantitative estimate of drug-likeness (QED) is 0.476. The molecule has 0 aliphatic rings. The van der Waals surface area contributed by atoms with Crippen molar-refractivity contribution < 1.29 is 4.55 Å². The van der Waals surface area contributed by atoms with Crippen molar-refractivity contribution >= 4 is 45.1 Å². The molecule has 0 aliphatic carbocycles. The summed E-state index contributed by atoms with van der Waals surface area (Å²) < 4.78 is 16.1. The highest BCUT2D eigenvalue weighted by atomic mass is 79.9. The van der Waals surface area contributed by atoms with Gasteiger partial charge in [-0.2, -0.15) is 0 Å². The van der Waals surface area contributed by atoms with Crippen LogP contribution in [0.5, 0.6) is 0 Å². The first kappa shape index (κ1) is 14.0. The number of aromatic nitrogens is 1. The monoisotopic (exact) mass is 322 g/mol. The van der Waals surface area contributed by atoms with Gasteiger partial charge < -0.3 is 4.55 Å². The van der Waals surface area contributed by atoms with Gasteiger partial charge in [-0.1, -0.05) is 16.0 Å². The normalized spacial score (nSPS) is 14.4. The Bertz CT molecular complexity index is 406. The lowest BCUT2D eigenvalue weighted by atomic mass is 10.3. The third-order valence-electron chi connectivity index (χ3n) is 1.66. The van der Waals surface area contributed by atoms with E-state index in [0.29, 0.717) is 5.15 Å². The third kappa shape index (κ3) is 4.05. The van der Waals surface area contributed by atoms with Gasteiger partial charge in [-0.3, -0.25) is 0 Å².